The molecule has 98 valence electrons. The maximum Gasteiger partial charge on any atom is 0.224 e. The quantitative estimate of drug-likeness (QED) is 0.686. The van der Waals surface area contributed by atoms with Crippen LogP contribution < -0.4 is 11.1 Å². The third-order valence-corrected chi connectivity index (χ3v) is 3.91. The van der Waals surface area contributed by atoms with Gasteiger partial charge in [-0.25, -0.2) is 0 Å². The number of nitrogens with one attached hydrogen (secondary N) is 2. The summed E-state index contributed by atoms with van der Waals surface area (Å²) in [5.74, 6) is 0.914. The normalized spacial score (nSPS) is 11.0. The van der Waals surface area contributed by atoms with Gasteiger partial charge in [0.25, 0.3) is 0 Å². The highest BCUT2D eigenvalue weighted by Crippen LogP contribution is 2.22. The second kappa shape index (κ2) is 5.02. The maximum absolute atomic E-state index is 5.89. The summed E-state index contributed by atoms with van der Waals surface area (Å²) in [6.45, 7) is 0.744. The van der Waals surface area contributed by atoms with Crippen molar-refractivity contribution in [3.63, 3.8) is 0 Å². The first-order valence-corrected chi connectivity index (χ1v) is 6.86. The zero-order chi connectivity index (χ0) is 13.2. The van der Waals surface area contributed by atoms with Crippen LogP contribution in [0.1, 0.15) is 4.88 Å². The van der Waals surface area contributed by atoms with Crippen molar-refractivity contribution in [2.45, 2.75) is 6.42 Å². The maximum atomic E-state index is 5.89. The second-order valence-electron chi connectivity index (χ2n) is 3.95. The Morgan fingerprint density at radius 2 is 2.26 bits per heavy atom. The van der Waals surface area contributed by atoms with Crippen LogP contribution in [0.3, 0.4) is 0 Å². The van der Waals surface area contributed by atoms with Gasteiger partial charge in [-0.15, -0.1) is 11.3 Å². The minimum atomic E-state index is 0.221. The van der Waals surface area contributed by atoms with Crippen LogP contribution in [0.5, 0.6) is 0 Å². The Kier molecular flexibility index (Phi) is 3.22. The predicted octanol–water partition coefficient (Wildman–Crippen LogP) is 2.30. The van der Waals surface area contributed by atoms with Gasteiger partial charge in [-0.3, -0.25) is 5.10 Å². The number of fused-ring (bicyclic) bond motifs is 1. The van der Waals surface area contributed by atoms with Gasteiger partial charge in [0.2, 0.25) is 5.95 Å². The first kappa shape index (κ1) is 12.2. The minimum Gasteiger partial charge on any atom is -0.369 e. The lowest BCUT2D eigenvalue weighted by Gasteiger charge is -2.06. The minimum absolute atomic E-state index is 0.221. The summed E-state index contributed by atoms with van der Waals surface area (Å²) in [7, 11) is 0. The summed E-state index contributed by atoms with van der Waals surface area (Å²) in [6, 6.07) is 3.93. The van der Waals surface area contributed by atoms with Crippen LogP contribution in [-0.4, -0.2) is 26.7 Å². The molecule has 19 heavy (non-hydrogen) atoms. The molecule has 0 saturated heterocycles. The van der Waals surface area contributed by atoms with Crippen molar-refractivity contribution < 1.29 is 0 Å². The van der Waals surface area contributed by atoms with Gasteiger partial charge in [0.05, 0.1) is 15.9 Å². The number of aromatic amines is 1. The molecule has 0 atom stereocenters. The topological polar surface area (TPSA) is 92.5 Å². The number of H-pyrrole nitrogens is 1. The van der Waals surface area contributed by atoms with Gasteiger partial charge in [-0.05, 0) is 18.6 Å². The highest BCUT2D eigenvalue weighted by atomic mass is 35.5. The molecule has 4 N–H and O–H groups in total. The number of anilines is 2. The van der Waals surface area contributed by atoms with Crippen LogP contribution in [0.15, 0.2) is 18.3 Å². The van der Waals surface area contributed by atoms with Crippen LogP contribution in [-0.2, 0) is 6.42 Å². The van der Waals surface area contributed by atoms with Crippen LogP contribution in [0.2, 0.25) is 4.34 Å². The van der Waals surface area contributed by atoms with E-state index in [0.717, 1.165) is 22.7 Å². The van der Waals surface area contributed by atoms with Crippen molar-refractivity contribution in [1.82, 2.24) is 20.2 Å². The van der Waals surface area contributed by atoms with E-state index in [0.29, 0.717) is 11.5 Å². The molecule has 8 heteroatoms. The summed E-state index contributed by atoms with van der Waals surface area (Å²) in [5.41, 5.74) is 6.28. The van der Waals surface area contributed by atoms with E-state index in [4.69, 9.17) is 17.3 Å². The molecule has 0 amide bonds. The van der Waals surface area contributed by atoms with Crippen LogP contribution in [0, 0.1) is 0 Å². The zero-order valence-electron chi connectivity index (χ0n) is 9.85. The van der Waals surface area contributed by atoms with E-state index >= 15 is 0 Å². The SMILES string of the molecule is Nc1nc(NCCc2ccc(Cl)s2)c2cn[nH]c2n1. The Hall–Kier alpha value is -1.86. The van der Waals surface area contributed by atoms with Gasteiger partial charge >= 0.3 is 0 Å². The fraction of sp³-hybridized carbons (Fsp3) is 0.182. The molecule has 3 aromatic heterocycles. The van der Waals surface area contributed by atoms with E-state index in [9.17, 15) is 0 Å². The molecule has 0 saturated carbocycles. The fourth-order valence-electron chi connectivity index (χ4n) is 1.78. The van der Waals surface area contributed by atoms with E-state index < -0.39 is 0 Å². The largest absolute Gasteiger partial charge is 0.369 e. The van der Waals surface area contributed by atoms with Crippen molar-refractivity contribution in [3.8, 4) is 0 Å². The highest BCUT2D eigenvalue weighted by molar-refractivity contribution is 7.16. The second-order valence-corrected chi connectivity index (χ2v) is 5.74. The standard InChI is InChI=1S/C11H11ClN6S/c12-8-2-1-6(19-8)3-4-14-9-7-5-15-18-10(7)17-11(13)16-9/h1-2,5H,3-4H2,(H4,13,14,15,16,17,18). The van der Waals surface area contributed by atoms with Crippen LogP contribution in [0.4, 0.5) is 11.8 Å². The van der Waals surface area contributed by atoms with Crippen molar-refractivity contribution in [1.29, 1.82) is 0 Å². The Labute approximate surface area is 118 Å². The smallest absolute Gasteiger partial charge is 0.224 e. The van der Waals surface area contributed by atoms with Gasteiger partial charge in [0, 0.05) is 11.4 Å². The molecular formula is C11H11ClN6S. The molecule has 3 rings (SSSR count). The Balaban J connectivity index is 1.73. The number of thiophene rings is 1. The average Bonchev–Trinajstić information content (AvgIpc) is 2.98. The van der Waals surface area contributed by atoms with Gasteiger partial charge < -0.3 is 11.1 Å². The summed E-state index contributed by atoms with van der Waals surface area (Å²) >= 11 is 7.47. The lowest BCUT2D eigenvalue weighted by atomic mass is 10.3. The number of hydrogen-bond acceptors (Lipinski definition) is 6. The molecule has 0 bridgehead atoms. The summed E-state index contributed by atoms with van der Waals surface area (Å²) in [6.07, 6.45) is 2.56. The van der Waals surface area contributed by atoms with E-state index in [1.807, 2.05) is 12.1 Å². The Morgan fingerprint density at radius 3 is 3.05 bits per heavy atom. The van der Waals surface area contributed by atoms with Gasteiger partial charge in [-0.2, -0.15) is 15.1 Å². The third-order valence-electron chi connectivity index (χ3n) is 2.62. The number of nitrogens with zero attached hydrogens (tertiary/aromatic N) is 3. The van der Waals surface area contributed by atoms with Gasteiger partial charge in [-0.1, -0.05) is 11.6 Å². The molecule has 6 nitrogen and oxygen atoms in total. The summed E-state index contributed by atoms with van der Waals surface area (Å²) in [5, 5.41) is 10.8. The molecule has 0 aliphatic heterocycles. The average molecular weight is 295 g/mol. The van der Waals surface area contributed by atoms with E-state index in [-0.39, 0.29) is 5.95 Å². The number of nitrogens with two attached hydrogens (primary N) is 1. The molecule has 0 aromatic carbocycles. The van der Waals surface area contributed by atoms with Gasteiger partial charge in [0.1, 0.15) is 5.82 Å². The molecule has 3 heterocycles. The van der Waals surface area contributed by atoms with Crippen LogP contribution >= 0.6 is 22.9 Å². The molecule has 0 fully saturated rings. The third kappa shape index (κ3) is 2.61. The van der Waals surface area contributed by atoms with Crippen LogP contribution in [0.25, 0.3) is 11.0 Å². The first-order chi connectivity index (χ1) is 9.22. The molecule has 0 unspecified atom stereocenters. The molecule has 0 spiro atoms. The van der Waals surface area contributed by atoms with E-state index in [2.05, 4.69) is 25.5 Å². The molecule has 0 radical (unpaired) electrons. The molecule has 3 aromatic rings. The lowest BCUT2D eigenvalue weighted by molar-refractivity contribution is 1.03. The van der Waals surface area contributed by atoms with Crippen molar-refractivity contribution in [2.75, 3.05) is 17.6 Å². The van der Waals surface area contributed by atoms with Crippen molar-refractivity contribution >= 4 is 45.7 Å². The van der Waals surface area contributed by atoms with E-state index in [1.165, 1.54) is 4.88 Å². The summed E-state index contributed by atoms with van der Waals surface area (Å²) in [4.78, 5) is 9.47. The lowest BCUT2D eigenvalue weighted by Crippen LogP contribution is -2.07. The van der Waals surface area contributed by atoms with Crippen molar-refractivity contribution in [3.05, 3.63) is 27.5 Å². The molecule has 0 aliphatic rings. The predicted molar refractivity (Wildman–Crippen MR) is 77.6 cm³/mol. The summed E-state index contributed by atoms with van der Waals surface area (Å²) < 4.78 is 0.804. The number of hydrogen-bond donors (Lipinski definition) is 3. The number of nitrogen functional groups attached to an aromatic ring is 1. The number of halogens is 1. The Bertz CT molecular complexity index is 706. The van der Waals surface area contributed by atoms with E-state index in [1.54, 1.807) is 17.5 Å². The Morgan fingerprint density at radius 1 is 1.37 bits per heavy atom. The number of aromatic nitrogens is 4. The zero-order valence-corrected chi connectivity index (χ0v) is 11.4. The molecule has 0 aliphatic carbocycles. The monoisotopic (exact) mass is 294 g/mol. The number of rotatable bonds is 4. The van der Waals surface area contributed by atoms with Crippen molar-refractivity contribution in [2.24, 2.45) is 0 Å². The van der Waals surface area contributed by atoms with Gasteiger partial charge in [0.15, 0.2) is 5.65 Å². The fourth-order valence-corrected chi connectivity index (χ4v) is 2.86. The highest BCUT2D eigenvalue weighted by Gasteiger charge is 2.07. The first-order valence-electron chi connectivity index (χ1n) is 5.67. The molecular weight excluding hydrogens is 284 g/mol.